The van der Waals surface area contributed by atoms with Crippen LogP contribution in [0.2, 0.25) is 0 Å². The second-order valence-electron chi connectivity index (χ2n) is 6.21. The van der Waals surface area contributed by atoms with Crippen molar-refractivity contribution in [3.05, 3.63) is 18.2 Å². The number of aromatic nitrogens is 2. The van der Waals surface area contributed by atoms with Crippen LogP contribution in [0.25, 0.3) is 0 Å². The van der Waals surface area contributed by atoms with Crippen LogP contribution >= 0.6 is 0 Å². The van der Waals surface area contributed by atoms with Gasteiger partial charge in [-0.15, -0.1) is 0 Å². The van der Waals surface area contributed by atoms with Crippen molar-refractivity contribution in [2.75, 3.05) is 26.7 Å². The summed E-state index contributed by atoms with van der Waals surface area (Å²) in [7, 11) is 1.33. The number of carbonyl (C=O) groups excluding carboxylic acids is 1. The van der Waals surface area contributed by atoms with Gasteiger partial charge in [0.25, 0.3) is 0 Å². The standard InChI is InChI=1S/C15H23F3N4O/c1-11(21(2)10-15(16,17)18)14(23)22-7-3-12(4-8-22)9-13-19-5-6-20-13/h5-6,11-12H,3-4,7-10H2,1-2H3,(H,19,20)/t11-/m0/s1. The van der Waals surface area contributed by atoms with E-state index < -0.39 is 18.8 Å². The van der Waals surface area contributed by atoms with E-state index in [1.165, 1.54) is 14.0 Å². The summed E-state index contributed by atoms with van der Waals surface area (Å²) in [4.78, 5) is 22.3. The number of nitrogens with one attached hydrogen (secondary N) is 1. The van der Waals surface area contributed by atoms with E-state index in [-0.39, 0.29) is 5.91 Å². The predicted octanol–water partition coefficient (Wildman–Crippen LogP) is 2.07. The molecule has 1 N–H and O–H groups in total. The number of aromatic amines is 1. The molecular formula is C15H23F3N4O. The molecule has 1 atom stereocenters. The first kappa shape index (κ1) is 17.8. The molecule has 130 valence electrons. The van der Waals surface area contributed by atoms with Crippen molar-refractivity contribution in [1.82, 2.24) is 19.8 Å². The van der Waals surface area contributed by atoms with Gasteiger partial charge in [-0.25, -0.2) is 4.98 Å². The molecule has 1 aliphatic rings. The molecule has 0 saturated carbocycles. The number of rotatable bonds is 5. The number of amides is 1. The van der Waals surface area contributed by atoms with Crippen molar-refractivity contribution < 1.29 is 18.0 Å². The van der Waals surface area contributed by atoms with Crippen LogP contribution in [-0.4, -0.2) is 64.6 Å². The van der Waals surface area contributed by atoms with Gasteiger partial charge in [-0.3, -0.25) is 9.69 Å². The van der Waals surface area contributed by atoms with Crippen LogP contribution in [-0.2, 0) is 11.2 Å². The third-order valence-electron chi connectivity index (χ3n) is 4.41. The number of hydrogen-bond acceptors (Lipinski definition) is 3. The topological polar surface area (TPSA) is 52.2 Å². The predicted molar refractivity (Wildman–Crippen MR) is 79.7 cm³/mol. The number of hydrogen-bond donors (Lipinski definition) is 1. The summed E-state index contributed by atoms with van der Waals surface area (Å²) in [5.41, 5.74) is 0. The summed E-state index contributed by atoms with van der Waals surface area (Å²) in [5, 5.41) is 0. The maximum atomic E-state index is 12.4. The summed E-state index contributed by atoms with van der Waals surface area (Å²) in [5.74, 6) is 1.16. The lowest BCUT2D eigenvalue weighted by Crippen LogP contribution is -2.50. The summed E-state index contributed by atoms with van der Waals surface area (Å²) >= 11 is 0. The first-order chi connectivity index (χ1) is 10.8. The number of likely N-dealkylation sites (tertiary alicyclic amines) is 1. The Kier molecular flexibility index (Phi) is 5.67. The lowest BCUT2D eigenvalue weighted by Gasteiger charge is -2.35. The zero-order chi connectivity index (χ0) is 17.0. The Labute approximate surface area is 133 Å². The monoisotopic (exact) mass is 332 g/mol. The van der Waals surface area contributed by atoms with Crippen LogP contribution in [0.1, 0.15) is 25.6 Å². The van der Waals surface area contributed by atoms with Crippen LogP contribution in [0.4, 0.5) is 13.2 Å². The second-order valence-corrected chi connectivity index (χ2v) is 6.21. The number of carbonyl (C=O) groups is 1. The van der Waals surface area contributed by atoms with Gasteiger partial charge < -0.3 is 9.88 Å². The average molecular weight is 332 g/mol. The first-order valence-corrected chi connectivity index (χ1v) is 7.80. The number of likely N-dealkylation sites (N-methyl/N-ethyl adjacent to an activating group) is 1. The fourth-order valence-electron chi connectivity index (χ4n) is 2.91. The number of H-pyrrole nitrogens is 1. The molecule has 2 rings (SSSR count). The van der Waals surface area contributed by atoms with Crippen molar-refractivity contribution >= 4 is 5.91 Å². The van der Waals surface area contributed by atoms with E-state index in [9.17, 15) is 18.0 Å². The van der Waals surface area contributed by atoms with E-state index in [0.29, 0.717) is 19.0 Å². The van der Waals surface area contributed by atoms with Crippen LogP contribution < -0.4 is 0 Å². The zero-order valence-corrected chi connectivity index (χ0v) is 13.4. The molecule has 1 saturated heterocycles. The highest BCUT2D eigenvalue weighted by Gasteiger charge is 2.34. The van der Waals surface area contributed by atoms with E-state index in [4.69, 9.17) is 0 Å². The van der Waals surface area contributed by atoms with Gasteiger partial charge in [-0.05, 0) is 32.7 Å². The summed E-state index contributed by atoms with van der Waals surface area (Å²) < 4.78 is 37.3. The molecule has 0 spiro atoms. The molecular weight excluding hydrogens is 309 g/mol. The largest absolute Gasteiger partial charge is 0.401 e. The molecule has 0 bridgehead atoms. The molecule has 1 amide bonds. The quantitative estimate of drug-likeness (QED) is 0.898. The van der Waals surface area contributed by atoms with Gasteiger partial charge in [0.05, 0.1) is 12.6 Å². The molecule has 2 heterocycles. The fourth-order valence-corrected chi connectivity index (χ4v) is 2.91. The lowest BCUT2D eigenvalue weighted by atomic mass is 9.93. The molecule has 0 unspecified atom stereocenters. The van der Waals surface area contributed by atoms with Gasteiger partial charge in [0, 0.05) is 31.9 Å². The van der Waals surface area contributed by atoms with Crippen molar-refractivity contribution in [3.8, 4) is 0 Å². The molecule has 5 nitrogen and oxygen atoms in total. The Morgan fingerprint density at radius 1 is 1.48 bits per heavy atom. The number of alkyl halides is 3. The Morgan fingerprint density at radius 3 is 2.65 bits per heavy atom. The van der Waals surface area contributed by atoms with Gasteiger partial charge in [0.1, 0.15) is 5.82 Å². The third kappa shape index (κ3) is 5.23. The molecule has 0 radical (unpaired) electrons. The van der Waals surface area contributed by atoms with Gasteiger partial charge in [-0.2, -0.15) is 13.2 Å². The Balaban J connectivity index is 1.80. The molecule has 1 aliphatic heterocycles. The van der Waals surface area contributed by atoms with Gasteiger partial charge in [-0.1, -0.05) is 0 Å². The SMILES string of the molecule is C[C@@H](C(=O)N1CCC(Cc2ncc[nH]2)CC1)N(C)CC(F)(F)F. The van der Waals surface area contributed by atoms with Gasteiger partial charge in [0.15, 0.2) is 0 Å². The highest BCUT2D eigenvalue weighted by atomic mass is 19.4. The normalized spacial score (nSPS) is 18.4. The van der Waals surface area contributed by atoms with Crippen LogP contribution in [0, 0.1) is 5.92 Å². The fraction of sp³-hybridized carbons (Fsp3) is 0.733. The molecule has 1 aromatic heterocycles. The number of piperidine rings is 1. The molecule has 0 aliphatic carbocycles. The molecule has 1 fully saturated rings. The van der Waals surface area contributed by atoms with Gasteiger partial charge >= 0.3 is 6.18 Å². The number of halogens is 3. The van der Waals surface area contributed by atoms with E-state index >= 15 is 0 Å². The lowest BCUT2D eigenvalue weighted by molar-refractivity contribution is -0.155. The van der Waals surface area contributed by atoms with Crippen molar-refractivity contribution in [1.29, 1.82) is 0 Å². The summed E-state index contributed by atoms with van der Waals surface area (Å²) in [6, 6.07) is -0.766. The Bertz CT molecular complexity index is 495. The van der Waals surface area contributed by atoms with Crippen LogP contribution in [0.15, 0.2) is 12.4 Å². The highest BCUT2D eigenvalue weighted by Crippen LogP contribution is 2.22. The molecule has 8 heteroatoms. The smallest absolute Gasteiger partial charge is 0.349 e. The minimum atomic E-state index is -4.29. The summed E-state index contributed by atoms with van der Waals surface area (Å²) in [6.07, 6.45) is 1.75. The van der Waals surface area contributed by atoms with Crippen molar-refractivity contribution in [2.45, 2.75) is 38.4 Å². The Hall–Kier alpha value is -1.57. The number of imidazole rings is 1. The van der Waals surface area contributed by atoms with E-state index in [2.05, 4.69) is 9.97 Å². The van der Waals surface area contributed by atoms with Gasteiger partial charge in [0.2, 0.25) is 5.91 Å². The van der Waals surface area contributed by atoms with E-state index in [0.717, 1.165) is 30.0 Å². The third-order valence-corrected chi connectivity index (χ3v) is 4.41. The minimum Gasteiger partial charge on any atom is -0.349 e. The minimum absolute atomic E-state index is 0.229. The first-order valence-electron chi connectivity index (χ1n) is 7.80. The van der Waals surface area contributed by atoms with Crippen molar-refractivity contribution in [3.63, 3.8) is 0 Å². The molecule has 0 aromatic carbocycles. The molecule has 1 aromatic rings. The maximum Gasteiger partial charge on any atom is 0.401 e. The zero-order valence-electron chi connectivity index (χ0n) is 13.4. The van der Waals surface area contributed by atoms with Crippen molar-refractivity contribution in [2.24, 2.45) is 5.92 Å². The average Bonchev–Trinajstić information content (AvgIpc) is 2.97. The summed E-state index contributed by atoms with van der Waals surface area (Å²) in [6.45, 7) is 1.64. The molecule has 23 heavy (non-hydrogen) atoms. The second kappa shape index (κ2) is 7.33. The Morgan fingerprint density at radius 2 is 2.13 bits per heavy atom. The highest BCUT2D eigenvalue weighted by molar-refractivity contribution is 5.81. The maximum absolute atomic E-state index is 12.4. The van der Waals surface area contributed by atoms with E-state index in [1.807, 2.05) is 0 Å². The number of nitrogens with zero attached hydrogens (tertiary/aromatic N) is 3. The van der Waals surface area contributed by atoms with Crippen LogP contribution in [0.3, 0.4) is 0 Å². The van der Waals surface area contributed by atoms with E-state index in [1.54, 1.807) is 17.3 Å². The van der Waals surface area contributed by atoms with Crippen LogP contribution in [0.5, 0.6) is 0 Å².